The third-order valence-electron chi connectivity index (χ3n) is 4.68. The molecule has 1 heterocycles. The Kier molecular flexibility index (Phi) is 8.76. The first-order valence-electron chi connectivity index (χ1n) is 9.71. The number of H-pyrrole nitrogens is 1. The van der Waals surface area contributed by atoms with E-state index >= 15 is 0 Å². The largest absolute Gasteiger partial charge is 0.357 e. The first kappa shape index (κ1) is 23.8. The molecule has 0 saturated carbocycles. The minimum Gasteiger partial charge on any atom is -0.357 e. The summed E-state index contributed by atoms with van der Waals surface area (Å²) in [5, 5.41) is 13.4. The van der Waals surface area contributed by atoms with Crippen molar-refractivity contribution >= 4 is 29.9 Å². The summed E-state index contributed by atoms with van der Waals surface area (Å²) >= 11 is 0. The van der Waals surface area contributed by atoms with Crippen LogP contribution in [-0.4, -0.2) is 34.2 Å². The summed E-state index contributed by atoms with van der Waals surface area (Å²) in [6, 6.07) is 14.8. The van der Waals surface area contributed by atoms with Crippen molar-refractivity contribution in [1.82, 2.24) is 25.8 Å². The van der Waals surface area contributed by atoms with Gasteiger partial charge in [-0.3, -0.25) is 5.10 Å². The zero-order valence-electron chi connectivity index (χ0n) is 17.4. The summed E-state index contributed by atoms with van der Waals surface area (Å²) in [7, 11) is 0. The molecule has 0 spiro atoms. The number of hydrogen-bond acceptors (Lipinski definition) is 3. The van der Waals surface area contributed by atoms with E-state index in [1.807, 2.05) is 37.3 Å². The van der Waals surface area contributed by atoms with Crippen LogP contribution in [0.25, 0.3) is 11.4 Å². The van der Waals surface area contributed by atoms with Gasteiger partial charge in [-0.2, -0.15) is 5.10 Å². The predicted molar refractivity (Wildman–Crippen MR) is 129 cm³/mol. The quantitative estimate of drug-likeness (QED) is 0.246. The van der Waals surface area contributed by atoms with E-state index in [4.69, 9.17) is 4.99 Å². The summed E-state index contributed by atoms with van der Waals surface area (Å²) in [5.41, 5.74) is 2.74. The van der Waals surface area contributed by atoms with Crippen molar-refractivity contribution in [2.45, 2.75) is 32.7 Å². The van der Waals surface area contributed by atoms with Gasteiger partial charge in [0.2, 0.25) is 0 Å². The van der Waals surface area contributed by atoms with Gasteiger partial charge in [0.15, 0.2) is 11.8 Å². The highest BCUT2D eigenvalue weighted by atomic mass is 127. The molecule has 2 aromatic carbocycles. The monoisotopic (exact) mass is 522 g/mol. The maximum atomic E-state index is 13.6. The molecule has 8 heteroatoms. The minimum absolute atomic E-state index is 0. The summed E-state index contributed by atoms with van der Waals surface area (Å²) in [5.74, 6) is 1.24. The highest BCUT2D eigenvalue weighted by molar-refractivity contribution is 14.0. The second-order valence-corrected chi connectivity index (χ2v) is 7.48. The van der Waals surface area contributed by atoms with E-state index in [0.29, 0.717) is 13.1 Å². The normalized spacial score (nSPS) is 11.7. The van der Waals surface area contributed by atoms with E-state index < -0.39 is 0 Å². The Morgan fingerprint density at radius 3 is 2.63 bits per heavy atom. The van der Waals surface area contributed by atoms with Crippen LogP contribution < -0.4 is 10.6 Å². The van der Waals surface area contributed by atoms with Crippen LogP contribution >= 0.6 is 24.0 Å². The van der Waals surface area contributed by atoms with Crippen molar-refractivity contribution in [1.29, 1.82) is 0 Å². The smallest absolute Gasteiger partial charge is 0.191 e. The molecule has 160 valence electrons. The molecule has 0 aliphatic carbocycles. The van der Waals surface area contributed by atoms with E-state index in [2.05, 4.69) is 39.7 Å². The van der Waals surface area contributed by atoms with E-state index in [-0.39, 0.29) is 35.2 Å². The Morgan fingerprint density at radius 2 is 1.93 bits per heavy atom. The van der Waals surface area contributed by atoms with Gasteiger partial charge in [-0.1, -0.05) is 44.2 Å². The van der Waals surface area contributed by atoms with Crippen molar-refractivity contribution in [3.05, 3.63) is 71.8 Å². The summed E-state index contributed by atoms with van der Waals surface area (Å²) in [6.07, 6.45) is 1.49. The third kappa shape index (κ3) is 6.51. The summed E-state index contributed by atoms with van der Waals surface area (Å²) in [6.45, 7) is 8.10. The van der Waals surface area contributed by atoms with Crippen molar-refractivity contribution in [3.63, 3.8) is 0 Å². The second-order valence-electron chi connectivity index (χ2n) is 7.48. The van der Waals surface area contributed by atoms with Crippen molar-refractivity contribution in [3.8, 4) is 11.4 Å². The molecule has 0 fully saturated rings. The minimum atomic E-state index is -0.246. The lowest BCUT2D eigenvalue weighted by Crippen LogP contribution is -2.43. The van der Waals surface area contributed by atoms with Crippen LogP contribution in [0.5, 0.6) is 0 Å². The number of halogens is 2. The molecule has 0 bridgehead atoms. The van der Waals surface area contributed by atoms with Gasteiger partial charge in [-0.15, -0.1) is 24.0 Å². The van der Waals surface area contributed by atoms with Gasteiger partial charge in [0.05, 0.1) is 6.54 Å². The zero-order valence-corrected chi connectivity index (χ0v) is 19.8. The molecule has 6 nitrogen and oxygen atoms in total. The molecule has 30 heavy (non-hydrogen) atoms. The molecule has 0 saturated heterocycles. The Bertz CT molecular complexity index is 956. The van der Waals surface area contributed by atoms with Crippen LogP contribution in [0.4, 0.5) is 4.39 Å². The molecule has 0 radical (unpaired) electrons. The Hall–Kier alpha value is -2.49. The second kappa shape index (κ2) is 11.1. The molecule has 0 atom stereocenters. The standard InChI is InChI=1S/C22H27FN6.HI/c1-4-24-21(26-14-22(2,3)18-9-6-10-19(23)12-18)25-13-16-7-5-8-17(11-16)20-27-15-28-29-20;/h5-12,15H,4,13-14H2,1-3H3,(H2,24,25,26)(H,27,28,29);1H. The van der Waals surface area contributed by atoms with Gasteiger partial charge < -0.3 is 10.6 Å². The van der Waals surface area contributed by atoms with E-state index in [1.165, 1.54) is 12.4 Å². The number of nitrogens with zero attached hydrogens (tertiary/aromatic N) is 3. The number of aromatic amines is 1. The molecule has 1 aromatic heterocycles. The van der Waals surface area contributed by atoms with E-state index in [9.17, 15) is 4.39 Å². The first-order chi connectivity index (χ1) is 14.0. The van der Waals surface area contributed by atoms with Gasteiger partial charge in [0.1, 0.15) is 12.1 Å². The Balaban J connectivity index is 0.00000320. The maximum absolute atomic E-state index is 13.6. The molecular weight excluding hydrogens is 494 g/mol. The highest BCUT2D eigenvalue weighted by Crippen LogP contribution is 2.23. The van der Waals surface area contributed by atoms with E-state index in [0.717, 1.165) is 35.0 Å². The molecule has 0 aliphatic heterocycles. The number of guanidine groups is 1. The van der Waals surface area contributed by atoms with Gasteiger partial charge in [-0.05, 0) is 36.2 Å². The average Bonchev–Trinajstić information content (AvgIpc) is 3.25. The number of aliphatic imine (C=N–C) groups is 1. The van der Waals surface area contributed by atoms with Crippen LogP contribution in [0.15, 0.2) is 59.9 Å². The summed E-state index contributed by atoms with van der Waals surface area (Å²) < 4.78 is 13.6. The number of benzene rings is 2. The van der Waals surface area contributed by atoms with Gasteiger partial charge >= 0.3 is 0 Å². The Morgan fingerprint density at radius 1 is 1.13 bits per heavy atom. The molecule has 0 amide bonds. The van der Waals surface area contributed by atoms with Gasteiger partial charge in [0, 0.05) is 24.1 Å². The fourth-order valence-electron chi connectivity index (χ4n) is 2.99. The van der Waals surface area contributed by atoms with Crippen LogP contribution in [0.2, 0.25) is 0 Å². The number of aromatic nitrogens is 3. The fraction of sp³-hybridized carbons (Fsp3) is 0.318. The van der Waals surface area contributed by atoms with Crippen LogP contribution in [0.1, 0.15) is 31.9 Å². The van der Waals surface area contributed by atoms with Gasteiger partial charge in [0.25, 0.3) is 0 Å². The zero-order chi connectivity index (χ0) is 20.7. The van der Waals surface area contributed by atoms with Crippen LogP contribution in [0.3, 0.4) is 0 Å². The van der Waals surface area contributed by atoms with Crippen molar-refractivity contribution in [2.24, 2.45) is 4.99 Å². The molecule has 3 rings (SSSR count). The topological polar surface area (TPSA) is 78.0 Å². The lowest BCUT2D eigenvalue weighted by molar-refractivity contribution is 0.503. The molecule has 0 unspecified atom stereocenters. The molecule has 3 aromatic rings. The van der Waals surface area contributed by atoms with Gasteiger partial charge in [-0.25, -0.2) is 14.4 Å². The Labute approximate surface area is 193 Å². The van der Waals surface area contributed by atoms with Crippen LogP contribution in [0, 0.1) is 5.82 Å². The van der Waals surface area contributed by atoms with Crippen molar-refractivity contribution < 1.29 is 4.39 Å². The predicted octanol–water partition coefficient (Wildman–Crippen LogP) is 4.26. The maximum Gasteiger partial charge on any atom is 0.191 e. The number of hydrogen-bond donors (Lipinski definition) is 3. The number of rotatable bonds is 7. The lowest BCUT2D eigenvalue weighted by atomic mass is 9.84. The molecule has 3 N–H and O–H groups in total. The highest BCUT2D eigenvalue weighted by Gasteiger charge is 2.21. The average molecular weight is 522 g/mol. The lowest BCUT2D eigenvalue weighted by Gasteiger charge is -2.27. The third-order valence-corrected chi connectivity index (χ3v) is 4.68. The first-order valence-corrected chi connectivity index (χ1v) is 9.71. The van der Waals surface area contributed by atoms with E-state index in [1.54, 1.807) is 12.1 Å². The summed E-state index contributed by atoms with van der Waals surface area (Å²) in [4.78, 5) is 8.88. The molecular formula is C22H28FIN6. The SMILES string of the molecule is CCNC(=NCc1cccc(-c2ncn[nH]2)c1)NCC(C)(C)c1cccc(F)c1.I. The van der Waals surface area contributed by atoms with Crippen molar-refractivity contribution in [2.75, 3.05) is 13.1 Å². The molecule has 0 aliphatic rings. The number of nitrogens with one attached hydrogen (secondary N) is 3. The van der Waals surface area contributed by atoms with Crippen LogP contribution in [-0.2, 0) is 12.0 Å². The fourth-order valence-corrected chi connectivity index (χ4v) is 2.99.